The third-order valence-corrected chi connectivity index (χ3v) is 8.74. The van der Waals surface area contributed by atoms with Crippen LogP contribution in [0.25, 0.3) is 10.2 Å². The summed E-state index contributed by atoms with van der Waals surface area (Å²) >= 11 is 1.69. The first-order valence-corrected chi connectivity index (χ1v) is 11.1. The number of thiazole rings is 1. The summed E-state index contributed by atoms with van der Waals surface area (Å²) in [5.74, 6) is 0.519. The molecule has 1 saturated heterocycles. The molecule has 124 valence electrons. The van der Waals surface area contributed by atoms with Crippen molar-refractivity contribution in [2.24, 2.45) is 10.3 Å². The molecule has 3 heterocycles. The second-order valence-electron chi connectivity index (χ2n) is 6.84. The Labute approximate surface area is 142 Å². The summed E-state index contributed by atoms with van der Waals surface area (Å²) < 4.78 is 18.2. The Morgan fingerprint density at radius 2 is 2.17 bits per heavy atom. The molecule has 0 N–H and O–H groups in total. The van der Waals surface area contributed by atoms with E-state index in [1.54, 1.807) is 11.3 Å². The standard InChI is InChI=1S/C17H23N3OS2/c1-12(13-3-4-16-15(9-13)18-11-22-16)20-7-5-14-10-19-23(2,21)17(14)6-8-20/h3-4,9,11-12,14,17H,5-8,10H2,1-2H3. The molecule has 2 aromatic rings. The molecule has 23 heavy (non-hydrogen) atoms. The lowest BCUT2D eigenvalue weighted by Gasteiger charge is -2.28. The van der Waals surface area contributed by atoms with E-state index in [1.165, 1.54) is 10.3 Å². The van der Waals surface area contributed by atoms with E-state index in [4.69, 9.17) is 0 Å². The number of hydrogen-bond acceptors (Lipinski definition) is 5. The number of rotatable bonds is 2. The van der Waals surface area contributed by atoms with E-state index in [1.807, 2.05) is 11.8 Å². The molecule has 4 rings (SSSR count). The first kappa shape index (κ1) is 15.5. The number of aromatic nitrogens is 1. The summed E-state index contributed by atoms with van der Waals surface area (Å²) in [6.07, 6.45) is 3.97. The van der Waals surface area contributed by atoms with E-state index in [0.717, 1.165) is 38.0 Å². The van der Waals surface area contributed by atoms with Crippen LogP contribution >= 0.6 is 11.3 Å². The van der Waals surface area contributed by atoms with Crippen LogP contribution in [0, 0.1) is 5.92 Å². The van der Waals surface area contributed by atoms with Gasteiger partial charge in [0, 0.05) is 27.3 Å². The van der Waals surface area contributed by atoms with Crippen LogP contribution in [0.1, 0.15) is 31.4 Å². The van der Waals surface area contributed by atoms with E-state index < -0.39 is 9.73 Å². The highest BCUT2D eigenvalue weighted by Crippen LogP contribution is 2.34. The van der Waals surface area contributed by atoms with E-state index in [2.05, 4.69) is 39.4 Å². The van der Waals surface area contributed by atoms with Gasteiger partial charge in [-0.1, -0.05) is 6.07 Å². The molecule has 0 spiro atoms. The molecule has 0 amide bonds. The molecule has 4 nitrogen and oxygen atoms in total. The first-order chi connectivity index (χ1) is 11.0. The molecule has 2 aliphatic heterocycles. The lowest BCUT2D eigenvalue weighted by Crippen LogP contribution is -2.29. The Hall–Kier alpha value is -0.980. The van der Waals surface area contributed by atoms with Gasteiger partial charge in [0.15, 0.2) is 0 Å². The molecule has 0 saturated carbocycles. The van der Waals surface area contributed by atoms with Crippen molar-refractivity contribution >= 4 is 31.3 Å². The molecule has 0 radical (unpaired) electrons. The Morgan fingerprint density at radius 3 is 3.04 bits per heavy atom. The number of likely N-dealkylation sites (tertiary alicyclic amines) is 1. The summed E-state index contributed by atoms with van der Waals surface area (Å²) in [5.41, 5.74) is 4.34. The van der Waals surface area contributed by atoms with E-state index >= 15 is 0 Å². The van der Waals surface area contributed by atoms with Crippen LogP contribution in [0.4, 0.5) is 0 Å². The molecule has 1 aromatic carbocycles. The SMILES string of the molecule is CC(c1ccc2scnc2c1)N1CCC2CN=S(C)(=O)C2CC1. The third kappa shape index (κ3) is 2.81. The first-order valence-electron chi connectivity index (χ1n) is 8.28. The molecule has 4 unspecified atom stereocenters. The summed E-state index contributed by atoms with van der Waals surface area (Å²) in [7, 11) is -1.97. The van der Waals surface area contributed by atoms with Gasteiger partial charge in [-0.3, -0.25) is 4.90 Å². The van der Waals surface area contributed by atoms with Gasteiger partial charge in [0.05, 0.1) is 22.3 Å². The highest BCUT2D eigenvalue weighted by molar-refractivity contribution is 7.93. The Bertz CT molecular complexity index is 837. The van der Waals surface area contributed by atoms with Crippen molar-refractivity contribution in [3.05, 3.63) is 29.3 Å². The van der Waals surface area contributed by atoms with E-state index in [0.29, 0.717) is 17.2 Å². The Balaban J connectivity index is 1.54. The van der Waals surface area contributed by atoms with E-state index in [-0.39, 0.29) is 0 Å². The van der Waals surface area contributed by atoms with Crippen molar-refractivity contribution in [3.63, 3.8) is 0 Å². The number of hydrogen-bond donors (Lipinski definition) is 0. The monoisotopic (exact) mass is 349 g/mol. The molecule has 1 fully saturated rings. The van der Waals surface area contributed by atoms with Crippen LogP contribution in [0.2, 0.25) is 0 Å². The zero-order valence-electron chi connectivity index (χ0n) is 13.6. The van der Waals surface area contributed by atoms with Crippen molar-refractivity contribution in [1.29, 1.82) is 0 Å². The number of nitrogens with zero attached hydrogens (tertiary/aromatic N) is 3. The fourth-order valence-electron chi connectivity index (χ4n) is 4.02. The quantitative estimate of drug-likeness (QED) is 0.833. The normalized spacial score (nSPS) is 33.1. The zero-order chi connectivity index (χ0) is 16.0. The van der Waals surface area contributed by atoms with Crippen molar-refractivity contribution in [1.82, 2.24) is 9.88 Å². The molecule has 2 aliphatic rings. The summed E-state index contributed by atoms with van der Waals surface area (Å²) in [5, 5.41) is 0.292. The molecule has 4 atom stereocenters. The minimum atomic E-state index is -1.97. The maximum atomic E-state index is 12.6. The van der Waals surface area contributed by atoms with E-state index in [9.17, 15) is 4.21 Å². The van der Waals surface area contributed by atoms with Gasteiger partial charge in [0.2, 0.25) is 0 Å². The summed E-state index contributed by atoms with van der Waals surface area (Å²) in [6.45, 7) is 5.16. The predicted molar refractivity (Wildman–Crippen MR) is 97.5 cm³/mol. The van der Waals surface area contributed by atoms with Crippen molar-refractivity contribution < 1.29 is 4.21 Å². The third-order valence-electron chi connectivity index (χ3n) is 5.53. The van der Waals surface area contributed by atoms with Gasteiger partial charge in [-0.05, 0) is 56.5 Å². The average molecular weight is 350 g/mol. The second kappa shape index (κ2) is 5.83. The lowest BCUT2D eigenvalue weighted by atomic mass is 10.0. The minimum absolute atomic E-state index is 0.292. The van der Waals surface area contributed by atoms with Gasteiger partial charge >= 0.3 is 0 Å². The summed E-state index contributed by atoms with van der Waals surface area (Å²) in [6, 6.07) is 7.02. The van der Waals surface area contributed by atoms with Crippen molar-refractivity contribution in [2.45, 2.75) is 31.1 Å². The smallest absolute Gasteiger partial charge is 0.0815 e. The predicted octanol–water partition coefficient (Wildman–Crippen LogP) is 3.55. The summed E-state index contributed by atoms with van der Waals surface area (Å²) in [4.78, 5) is 6.98. The highest BCUT2D eigenvalue weighted by Gasteiger charge is 2.37. The van der Waals surface area contributed by atoms with Gasteiger partial charge in [0.25, 0.3) is 0 Å². The molecule has 6 heteroatoms. The minimum Gasteiger partial charge on any atom is -0.297 e. The average Bonchev–Trinajstić information content (AvgIpc) is 3.03. The van der Waals surface area contributed by atoms with Crippen LogP contribution in [-0.4, -0.2) is 45.2 Å². The molecule has 0 bridgehead atoms. The molecule has 1 aromatic heterocycles. The number of benzene rings is 1. The molecular weight excluding hydrogens is 326 g/mol. The topological polar surface area (TPSA) is 45.6 Å². The highest BCUT2D eigenvalue weighted by atomic mass is 32.2. The fraction of sp³-hybridized carbons (Fsp3) is 0.588. The Kier molecular flexibility index (Phi) is 3.94. The lowest BCUT2D eigenvalue weighted by molar-refractivity contribution is 0.216. The second-order valence-corrected chi connectivity index (χ2v) is 10.3. The van der Waals surface area contributed by atoms with Gasteiger partial charge in [-0.15, -0.1) is 11.3 Å². The van der Waals surface area contributed by atoms with Crippen LogP contribution in [0.15, 0.2) is 28.1 Å². The van der Waals surface area contributed by atoms with Crippen LogP contribution in [0.5, 0.6) is 0 Å². The van der Waals surface area contributed by atoms with Gasteiger partial charge in [-0.25, -0.2) is 13.6 Å². The van der Waals surface area contributed by atoms with Crippen LogP contribution in [-0.2, 0) is 9.73 Å². The number of fused-ring (bicyclic) bond motifs is 2. The fourth-order valence-corrected chi connectivity index (χ4v) is 6.83. The largest absolute Gasteiger partial charge is 0.297 e. The van der Waals surface area contributed by atoms with Crippen LogP contribution in [0.3, 0.4) is 0 Å². The van der Waals surface area contributed by atoms with Crippen LogP contribution < -0.4 is 0 Å². The van der Waals surface area contributed by atoms with Gasteiger partial charge < -0.3 is 0 Å². The molecule has 0 aliphatic carbocycles. The zero-order valence-corrected chi connectivity index (χ0v) is 15.3. The Morgan fingerprint density at radius 1 is 1.35 bits per heavy atom. The van der Waals surface area contributed by atoms with Crippen molar-refractivity contribution in [3.8, 4) is 0 Å². The maximum absolute atomic E-state index is 12.6. The van der Waals surface area contributed by atoms with Crippen molar-refractivity contribution in [2.75, 3.05) is 25.9 Å². The maximum Gasteiger partial charge on any atom is 0.0815 e. The molecular formula is C17H23N3OS2. The van der Waals surface area contributed by atoms with Gasteiger partial charge in [0.1, 0.15) is 0 Å². The van der Waals surface area contributed by atoms with Gasteiger partial charge in [-0.2, -0.15) is 0 Å².